The summed E-state index contributed by atoms with van der Waals surface area (Å²) < 4.78 is 19.3. The Labute approximate surface area is 150 Å². The predicted octanol–water partition coefficient (Wildman–Crippen LogP) is 1.91. The van der Waals surface area contributed by atoms with Crippen LogP contribution in [0, 0.1) is 17.7 Å². The summed E-state index contributed by atoms with van der Waals surface area (Å²) in [4.78, 5) is 7.51. The van der Waals surface area contributed by atoms with Gasteiger partial charge in [0.2, 0.25) is 0 Å². The van der Waals surface area contributed by atoms with Gasteiger partial charge in [0.1, 0.15) is 5.82 Å². The zero-order valence-electron chi connectivity index (χ0n) is 15.2. The Bertz CT molecular complexity index is 559. The Morgan fingerprint density at radius 3 is 2.56 bits per heavy atom. The van der Waals surface area contributed by atoms with Gasteiger partial charge in [-0.2, -0.15) is 0 Å². The van der Waals surface area contributed by atoms with Gasteiger partial charge in [0.25, 0.3) is 0 Å². The minimum absolute atomic E-state index is 0.154. The number of likely N-dealkylation sites (N-methyl/N-ethyl adjacent to an activating group) is 1. The maximum atomic E-state index is 13.1. The molecule has 3 aliphatic heterocycles. The van der Waals surface area contributed by atoms with Crippen LogP contribution < -0.4 is 0 Å². The predicted molar refractivity (Wildman–Crippen MR) is 97.0 cm³/mol. The van der Waals surface area contributed by atoms with Gasteiger partial charge in [0, 0.05) is 51.7 Å². The first kappa shape index (κ1) is 17.4. The van der Waals surface area contributed by atoms with Crippen LogP contribution in [0.4, 0.5) is 4.39 Å². The van der Waals surface area contributed by atoms with Crippen LogP contribution in [-0.4, -0.2) is 80.3 Å². The summed E-state index contributed by atoms with van der Waals surface area (Å²) in [6.45, 7) is 9.83. The number of rotatable bonds is 4. The van der Waals surface area contributed by atoms with Crippen LogP contribution in [-0.2, 0) is 11.3 Å². The summed E-state index contributed by atoms with van der Waals surface area (Å²) in [5.74, 6) is 1.22. The fraction of sp³-hybridized carbons (Fsp3) is 0.700. The van der Waals surface area contributed by atoms with Crippen molar-refractivity contribution in [3.05, 3.63) is 35.6 Å². The number of ether oxygens (including phenoxy) is 1. The summed E-state index contributed by atoms with van der Waals surface area (Å²) in [6, 6.07) is 6.95. The van der Waals surface area contributed by atoms with E-state index < -0.39 is 0 Å². The van der Waals surface area contributed by atoms with Crippen molar-refractivity contribution in [2.24, 2.45) is 11.8 Å². The van der Waals surface area contributed by atoms with Crippen molar-refractivity contribution < 1.29 is 9.13 Å². The van der Waals surface area contributed by atoms with E-state index in [9.17, 15) is 4.39 Å². The number of halogens is 1. The summed E-state index contributed by atoms with van der Waals surface area (Å²) in [5, 5.41) is 0. The van der Waals surface area contributed by atoms with Gasteiger partial charge < -0.3 is 9.64 Å². The first-order valence-electron chi connectivity index (χ1n) is 9.66. The van der Waals surface area contributed by atoms with E-state index in [0.717, 1.165) is 64.9 Å². The smallest absolute Gasteiger partial charge is 0.123 e. The zero-order chi connectivity index (χ0) is 17.2. The van der Waals surface area contributed by atoms with Gasteiger partial charge in [-0.15, -0.1) is 0 Å². The number of benzene rings is 1. The van der Waals surface area contributed by atoms with E-state index in [1.54, 1.807) is 12.1 Å². The van der Waals surface area contributed by atoms with Crippen LogP contribution in [0.15, 0.2) is 24.3 Å². The molecule has 25 heavy (non-hydrogen) atoms. The van der Waals surface area contributed by atoms with Crippen molar-refractivity contribution in [2.75, 3.05) is 59.5 Å². The van der Waals surface area contributed by atoms with Crippen molar-refractivity contribution in [3.8, 4) is 0 Å². The topological polar surface area (TPSA) is 19.0 Å². The third-order valence-corrected chi connectivity index (χ3v) is 6.25. The molecule has 4 nitrogen and oxygen atoms in total. The quantitative estimate of drug-likeness (QED) is 0.828. The van der Waals surface area contributed by atoms with E-state index in [0.29, 0.717) is 12.0 Å². The minimum atomic E-state index is -0.154. The monoisotopic (exact) mass is 347 g/mol. The first-order valence-corrected chi connectivity index (χ1v) is 9.66. The molecule has 3 heterocycles. The number of nitrogens with zero attached hydrogens (tertiary/aromatic N) is 3. The summed E-state index contributed by atoms with van der Waals surface area (Å²) in [5.41, 5.74) is 1.20. The van der Waals surface area contributed by atoms with Crippen LogP contribution in [0.3, 0.4) is 0 Å². The lowest BCUT2D eigenvalue weighted by molar-refractivity contribution is 0.0297. The molecule has 4 rings (SSSR count). The van der Waals surface area contributed by atoms with E-state index in [1.165, 1.54) is 12.0 Å². The zero-order valence-corrected chi connectivity index (χ0v) is 15.2. The third kappa shape index (κ3) is 4.22. The number of piperidine rings is 1. The maximum Gasteiger partial charge on any atom is 0.123 e. The fourth-order valence-electron chi connectivity index (χ4n) is 4.56. The Kier molecular flexibility index (Phi) is 5.36. The highest BCUT2D eigenvalue weighted by Crippen LogP contribution is 2.35. The second-order valence-electron chi connectivity index (χ2n) is 8.05. The molecular weight excluding hydrogens is 317 g/mol. The summed E-state index contributed by atoms with van der Waals surface area (Å²) in [7, 11) is 2.20. The number of likely N-dealkylation sites (tertiary alicyclic amines) is 1. The van der Waals surface area contributed by atoms with Gasteiger partial charge in [-0.05, 0) is 43.6 Å². The molecule has 0 amide bonds. The van der Waals surface area contributed by atoms with Gasteiger partial charge in [0.15, 0.2) is 0 Å². The largest absolute Gasteiger partial charge is 0.376 e. The maximum absolute atomic E-state index is 13.1. The number of hydrogen-bond acceptors (Lipinski definition) is 4. The second kappa shape index (κ2) is 7.70. The molecule has 0 saturated carbocycles. The molecule has 1 aromatic carbocycles. The minimum Gasteiger partial charge on any atom is -0.376 e. The highest BCUT2D eigenvalue weighted by atomic mass is 19.1. The Morgan fingerprint density at radius 2 is 1.80 bits per heavy atom. The van der Waals surface area contributed by atoms with E-state index >= 15 is 0 Å². The van der Waals surface area contributed by atoms with Crippen LogP contribution in [0.2, 0.25) is 0 Å². The van der Waals surface area contributed by atoms with E-state index in [2.05, 4.69) is 21.7 Å². The van der Waals surface area contributed by atoms with Gasteiger partial charge in [-0.25, -0.2) is 4.39 Å². The van der Waals surface area contributed by atoms with Crippen LogP contribution in [0.5, 0.6) is 0 Å². The lowest BCUT2D eigenvalue weighted by atomic mass is 9.84. The van der Waals surface area contributed by atoms with E-state index in [4.69, 9.17) is 4.74 Å². The molecule has 3 aliphatic rings. The fourth-order valence-corrected chi connectivity index (χ4v) is 4.56. The second-order valence-corrected chi connectivity index (χ2v) is 8.05. The lowest BCUT2D eigenvalue weighted by Gasteiger charge is -2.38. The number of fused-ring (bicyclic) bond motifs is 1. The first-order chi connectivity index (χ1) is 12.2. The van der Waals surface area contributed by atoms with Gasteiger partial charge in [-0.1, -0.05) is 12.1 Å². The summed E-state index contributed by atoms with van der Waals surface area (Å²) in [6.07, 6.45) is 1.61. The molecule has 1 aromatic rings. The van der Waals surface area contributed by atoms with Crippen molar-refractivity contribution in [1.29, 1.82) is 0 Å². The molecule has 0 aromatic heterocycles. The summed E-state index contributed by atoms with van der Waals surface area (Å²) >= 11 is 0. The molecule has 3 atom stereocenters. The standard InChI is InChI=1S/C20H30FN3O/c1-22-8-10-23(11-9-22)14-20-19-13-24(7-6-17(19)15-25-20)12-16-2-4-18(21)5-3-16/h2-5,17,19-20H,6-15H2,1H3/t17-,19-,20+/m0/s1. The molecule has 0 unspecified atom stereocenters. The van der Waals surface area contributed by atoms with Gasteiger partial charge in [-0.3, -0.25) is 9.80 Å². The molecule has 0 radical (unpaired) electrons. The molecule has 138 valence electrons. The lowest BCUT2D eigenvalue weighted by Crippen LogP contribution is -2.49. The Morgan fingerprint density at radius 1 is 1.04 bits per heavy atom. The molecule has 5 heteroatoms. The average Bonchev–Trinajstić information content (AvgIpc) is 3.01. The normalized spacial score (nSPS) is 32.0. The SMILES string of the molecule is CN1CCN(C[C@H]2OC[C@@H]3CCN(Cc4ccc(F)cc4)C[C@@H]32)CC1. The molecule has 3 fully saturated rings. The van der Waals surface area contributed by atoms with Crippen LogP contribution in [0.25, 0.3) is 0 Å². The number of piperazine rings is 1. The molecule has 0 aliphatic carbocycles. The van der Waals surface area contributed by atoms with Crippen molar-refractivity contribution in [1.82, 2.24) is 14.7 Å². The van der Waals surface area contributed by atoms with Crippen molar-refractivity contribution in [3.63, 3.8) is 0 Å². The van der Waals surface area contributed by atoms with Crippen molar-refractivity contribution in [2.45, 2.75) is 19.1 Å². The molecule has 0 spiro atoms. The number of hydrogen-bond donors (Lipinski definition) is 0. The van der Waals surface area contributed by atoms with Crippen molar-refractivity contribution >= 4 is 0 Å². The molecule has 0 bridgehead atoms. The Hall–Kier alpha value is -1.01. The van der Waals surface area contributed by atoms with E-state index in [-0.39, 0.29) is 5.82 Å². The van der Waals surface area contributed by atoms with E-state index in [1.807, 2.05) is 12.1 Å². The third-order valence-electron chi connectivity index (χ3n) is 6.25. The van der Waals surface area contributed by atoms with Gasteiger partial charge in [0.05, 0.1) is 12.7 Å². The highest BCUT2D eigenvalue weighted by molar-refractivity contribution is 5.16. The average molecular weight is 347 g/mol. The highest BCUT2D eigenvalue weighted by Gasteiger charge is 2.41. The van der Waals surface area contributed by atoms with Crippen LogP contribution >= 0.6 is 0 Å². The van der Waals surface area contributed by atoms with Crippen LogP contribution in [0.1, 0.15) is 12.0 Å². The van der Waals surface area contributed by atoms with Gasteiger partial charge >= 0.3 is 0 Å². The molecular formula is C20H30FN3O. The molecule has 3 saturated heterocycles. The Balaban J connectivity index is 1.33. The molecule has 0 N–H and O–H groups in total.